The fraction of sp³-hybridized carbons (Fsp3) is 0.297. The molecular weight excluding hydrogens is 702 g/mol. The summed E-state index contributed by atoms with van der Waals surface area (Å²) in [6.07, 6.45) is 2.46. The molecule has 2 heterocycles. The maximum Gasteiger partial charge on any atom is 0.326 e. The number of halogens is 1. The van der Waals surface area contributed by atoms with Crippen molar-refractivity contribution >= 4 is 35.3 Å². The number of hydrogen-bond acceptors (Lipinski definition) is 9. The van der Waals surface area contributed by atoms with Crippen LogP contribution in [0.15, 0.2) is 78.9 Å². The third kappa shape index (κ3) is 9.90. The lowest BCUT2D eigenvalue weighted by atomic mass is 9.97. The first-order chi connectivity index (χ1) is 25.7. The number of carbonyl (C=O) groups excluding carboxylic acids is 3. The fourth-order valence-corrected chi connectivity index (χ4v) is 6.21. The predicted octanol–water partition coefficient (Wildman–Crippen LogP) is 4.22. The van der Waals surface area contributed by atoms with Crippen LogP contribution in [0.25, 0.3) is 22.5 Å². The number of carboxylic acid groups (broad SMARTS) is 1. The van der Waals surface area contributed by atoms with Crippen molar-refractivity contribution in [3.8, 4) is 22.5 Å². The number of H-pyrrole nitrogens is 1. The van der Waals surface area contributed by atoms with Gasteiger partial charge in [0.25, 0.3) is 11.8 Å². The number of hydrogen-bond donors (Lipinski definition) is 6. The Morgan fingerprint density at radius 1 is 0.906 bits per heavy atom. The molecule has 0 aliphatic rings. The van der Waals surface area contributed by atoms with Gasteiger partial charge in [0.2, 0.25) is 5.91 Å². The van der Waals surface area contributed by atoms with Gasteiger partial charge in [0, 0.05) is 25.1 Å². The van der Waals surface area contributed by atoms with Crippen LogP contribution in [0.5, 0.6) is 0 Å². The summed E-state index contributed by atoms with van der Waals surface area (Å²) in [4.78, 5) is 55.4. The molecule has 0 saturated carbocycles. The number of nitrogens with zero attached hydrogens (tertiary/aromatic N) is 5. The highest BCUT2D eigenvalue weighted by Crippen LogP contribution is 2.30. The Hall–Kier alpha value is -5.93. The monoisotopic (exact) mass is 741 g/mol. The van der Waals surface area contributed by atoms with Gasteiger partial charge in [-0.15, -0.1) is 5.10 Å². The van der Waals surface area contributed by atoms with Crippen LogP contribution < -0.4 is 16.1 Å². The largest absolute Gasteiger partial charge is 0.480 e. The van der Waals surface area contributed by atoms with Crippen LogP contribution in [0.1, 0.15) is 60.0 Å². The van der Waals surface area contributed by atoms with Gasteiger partial charge < -0.3 is 20.3 Å². The van der Waals surface area contributed by atoms with Gasteiger partial charge in [-0.2, -0.15) is 0 Å². The molecule has 3 aromatic carbocycles. The van der Waals surface area contributed by atoms with Crippen LogP contribution in [0.4, 0.5) is 0 Å². The molecule has 0 bridgehead atoms. The molecule has 0 aliphatic heterocycles. The third-order valence-electron chi connectivity index (χ3n) is 8.70. The van der Waals surface area contributed by atoms with Crippen molar-refractivity contribution in [3.05, 3.63) is 107 Å². The molecule has 15 nitrogen and oxygen atoms in total. The standard InChI is InChI=1S/C37H40ClN9O6/c1-2-3-15-30-41-32(38)31(47(30)22-24-16-18-25(19-17-24)26-12-7-8-13-27(26)33-42-45-46-43-33)36(50)39-20-9-14-29(37(51)52)40-34(48)28(35(49)44-53)21-23-10-5-4-6-11-23/h4-8,10-13,16-19,28-29,53H,2-3,9,14-15,20-22H2,1H3,(H,39,50)(H,40,48)(H,44,49)(H,51,52)(H,42,43,45,46)/t28?,29-/m0/s1. The van der Waals surface area contributed by atoms with E-state index >= 15 is 0 Å². The van der Waals surface area contributed by atoms with E-state index in [1.807, 2.05) is 48.5 Å². The Bertz CT molecular complexity index is 2000. The number of rotatable bonds is 18. The van der Waals surface area contributed by atoms with Crippen LogP contribution in [-0.2, 0) is 33.8 Å². The van der Waals surface area contributed by atoms with E-state index in [1.165, 1.54) is 5.48 Å². The average Bonchev–Trinajstić information content (AvgIpc) is 3.82. The number of aromatic nitrogens is 6. The van der Waals surface area contributed by atoms with Crippen molar-refractivity contribution < 1.29 is 29.5 Å². The number of imidazole rings is 1. The van der Waals surface area contributed by atoms with Gasteiger partial charge in [-0.25, -0.2) is 20.4 Å². The maximum atomic E-state index is 13.6. The van der Waals surface area contributed by atoms with Gasteiger partial charge in [0.1, 0.15) is 23.5 Å². The Labute approximate surface area is 310 Å². The lowest BCUT2D eigenvalue weighted by molar-refractivity contribution is -0.146. The number of tetrazole rings is 1. The van der Waals surface area contributed by atoms with Gasteiger partial charge in [0.05, 0.1) is 0 Å². The van der Waals surface area contributed by atoms with Crippen LogP contribution in [0.3, 0.4) is 0 Å². The average molecular weight is 742 g/mol. The minimum Gasteiger partial charge on any atom is -0.480 e. The molecule has 6 N–H and O–H groups in total. The second kappa shape index (κ2) is 18.5. The van der Waals surface area contributed by atoms with Gasteiger partial charge in [-0.3, -0.25) is 19.6 Å². The number of unbranched alkanes of at least 4 members (excludes halogenated alkanes) is 1. The fourth-order valence-electron chi connectivity index (χ4n) is 5.92. The zero-order chi connectivity index (χ0) is 37.7. The van der Waals surface area contributed by atoms with Gasteiger partial charge in [-0.05, 0) is 58.4 Å². The SMILES string of the molecule is CCCCc1nc(Cl)c(C(=O)NCCC[C@H](NC(=O)C(Cc2ccccc2)C(=O)NO)C(=O)O)n1Cc1ccc(-c2ccccc2-c2nnn[nH]2)cc1. The molecule has 53 heavy (non-hydrogen) atoms. The van der Waals surface area contributed by atoms with Crippen molar-refractivity contribution in [2.75, 3.05) is 6.54 Å². The third-order valence-corrected chi connectivity index (χ3v) is 8.97. The predicted molar refractivity (Wildman–Crippen MR) is 195 cm³/mol. The summed E-state index contributed by atoms with van der Waals surface area (Å²) in [5.74, 6) is -3.74. The molecule has 0 radical (unpaired) electrons. The lowest BCUT2D eigenvalue weighted by Crippen LogP contribution is -2.48. The second-order valence-corrected chi connectivity index (χ2v) is 12.7. The molecule has 3 amide bonds. The number of nitrogens with one attached hydrogen (secondary N) is 4. The van der Waals surface area contributed by atoms with Crippen molar-refractivity contribution in [3.63, 3.8) is 0 Å². The van der Waals surface area contributed by atoms with E-state index in [-0.39, 0.29) is 36.7 Å². The van der Waals surface area contributed by atoms with Crippen molar-refractivity contribution in [1.29, 1.82) is 0 Å². The quantitative estimate of drug-likeness (QED) is 0.0325. The van der Waals surface area contributed by atoms with Crippen LogP contribution >= 0.6 is 11.6 Å². The Balaban J connectivity index is 1.24. The van der Waals surface area contributed by atoms with Crippen molar-refractivity contribution in [2.24, 2.45) is 5.92 Å². The molecule has 5 aromatic rings. The first-order valence-electron chi connectivity index (χ1n) is 17.2. The molecule has 1 unspecified atom stereocenters. The summed E-state index contributed by atoms with van der Waals surface area (Å²) in [6, 6.07) is 23.0. The van der Waals surface area contributed by atoms with Crippen molar-refractivity contribution in [2.45, 2.75) is 58.0 Å². The van der Waals surface area contributed by atoms with Gasteiger partial charge in [0.15, 0.2) is 11.0 Å². The number of aryl methyl sites for hydroxylation is 1. The van der Waals surface area contributed by atoms with E-state index in [2.05, 4.69) is 43.2 Å². The molecule has 0 spiro atoms. The minimum absolute atomic E-state index is 0.0443. The minimum atomic E-state index is -1.36. The molecule has 2 aromatic heterocycles. The normalized spacial score (nSPS) is 12.1. The molecule has 5 rings (SSSR count). The van der Waals surface area contributed by atoms with E-state index in [9.17, 15) is 29.5 Å². The first kappa shape index (κ1) is 38.3. The molecule has 16 heteroatoms. The summed E-state index contributed by atoms with van der Waals surface area (Å²) in [5.41, 5.74) is 5.98. The maximum absolute atomic E-state index is 13.6. The highest BCUT2D eigenvalue weighted by atomic mass is 35.5. The number of benzene rings is 3. The van der Waals surface area contributed by atoms with Crippen LogP contribution in [-0.4, -0.2) is 76.8 Å². The highest BCUT2D eigenvalue weighted by Gasteiger charge is 2.30. The Morgan fingerprint density at radius 2 is 1.62 bits per heavy atom. The van der Waals surface area contributed by atoms with Gasteiger partial charge in [-0.1, -0.05) is 104 Å². The molecule has 2 atom stereocenters. The summed E-state index contributed by atoms with van der Waals surface area (Å²) >= 11 is 6.56. The topological polar surface area (TPSA) is 217 Å². The summed E-state index contributed by atoms with van der Waals surface area (Å²) in [6.45, 7) is 2.46. The number of hydroxylamine groups is 1. The van der Waals surface area contributed by atoms with E-state index in [0.717, 1.165) is 35.1 Å². The Morgan fingerprint density at radius 3 is 2.28 bits per heavy atom. The van der Waals surface area contributed by atoms with Crippen LogP contribution in [0, 0.1) is 5.92 Å². The second-order valence-electron chi connectivity index (χ2n) is 12.4. The number of aromatic amines is 1. The Kier molecular flexibility index (Phi) is 13.4. The summed E-state index contributed by atoms with van der Waals surface area (Å²) in [5, 5.41) is 38.5. The summed E-state index contributed by atoms with van der Waals surface area (Å²) in [7, 11) is 0. The molecule has 0 fully saturated rings. The molecular formula is C37H40ClN9O6. The molecule has 0 saturated heterocycles. The zero-order valence-corrected chi connectivity index (χ0v) is 29.7. The van der Waals surface area contributed by atoms with Crippen LogP contribution in [0.2, 0.25) is 5.15 Å². The summed E-state index contributed by atoms with van der Waals surface area (Å²) < 4.78 is 1.80. The molecule has 0 aliphatic carbocycles. The number of carboxylic acids is 1. The molecule has 276 valence electrons. The lowest BCUT2D eigenvalue weighted by Gasteiger charge is -2.19. The van der Waals surface area contributed by atoms with E-state index in [0.29, 0.717) is 30.2 Å². The number of carbonyl (C=O) groups is 4. The number of amides is 3. The zero-order valence-electron chi connectivity index (χ0n) is 29.0. The van der Waals surface area contributed by atoms with E-state index in [4.69, 9.17) is 11.6 Å². The van der Waals surface area contributed by atoms with E-state index in [1.54, 1.807) is 34.9 Å². The van der Waals surface area contributed by atoms with Gasteiger partial charge >= 0.3 is 5.97 Å². The van der Waals surface area contributed by atoms with E-state index < -0.39 is 35.7 Å². The highest BCUT2D eigenvalue weighted by molar-refractivity contribution is 6.32. The smallest absolute Gasteiger partial charge is 0.326 e. The first-order valence-corrected chi connectivity index (χ1v) is 17.5. The van der Waals surface area contributed by atoms with Crippen molar-refractivity contribution in [1.82, 2.24) is 46.3 Å². The number of aliphatic carboxylic acids is 1.